The Bertz CT molecular complexity index is 427. The zero-order valence-corrected chi connectivity index (χ0v) is 20.3. The normalized spacial score (nSPS) is 18.6. The summed E-state index contributed by atoms with van der Waals surface area (Å²) in [7, 11) is -1.68. The first-order valence-electron chi connectivity index (χ1n) is 12.4. The lowest BCUT2D eigenvalue weighted by Gasteiger charge is -2.37. The van der Waals surface area contributed by atoms with Crippen LogP contribution < -0.4 is 0 Å². The maximum atomic E-state index is 12.0. The second-order valence-electron chi connectivity index (χ2n) is 9.23. The molecule has 0 saturated carbocycles. The van der Waals surface area contributed by atoms with Crippen LogP contribution in [0.15, 0.2) is 0 Å². The second-order valence-corrected chi connectivity index (χ2v) is 10.7. The summed E-state index contributed by atoms with van der Waals surface area (Å²) in [5, 5.41) is 0. The minimum atomic E-state index is -3.88. The third kappa shape index (κ3) is 15.5. The Kier molecular flexibility index (Phi) is 15.6. The van der Waals surface area contributed by atoms with E-state index in [1.54, 1.807) is 0 Å². The molecule has 0 aromatic heterocycles. The van der Waals surface area contributed by atoms with Crippen LogP contribution >= 0.6 is 7.82 Å². The Labute approximate surface area is 180 Å². The maximum absolute atomic E-state index is 12.0. The Balaban J connectivity index is 1.87. The van der Waals surface area contributed by atoms with Crippen molar-refractivity contribution >= 4 is 7.82 Å². The highest BCUT2D eigenvalue weighted by Crippen LogP contribution is 2.43. The molecule has 1 rings (SSSR count). The number of quaternary nitrogens is 1. The topological polar surface area (TPSA) is 55.8 Å². The summed E-state index contributed by atoms with van der Waals surface area (Å²) in [6.45, 7) is 5.94. The molecule has 0 amide bonds. The lowest BCUT2D eigenvalue weighted by Crippen LogP contribution is -2.49. The van der Waals surface area contributed by atoms with Gasteiger partial charge in [0.25, 0.3) is 0 Å². The molecule has 0 aromatic carbocycles. The summed E-state index contributed by atoms with van der Waals surface area (Å²) in [6, 6.07) is 0. The van der Waals surface area contributed by atoms with Crippen LogP contribution in [0.4, 0.5) is 0 Å². The van der Waals surface area contributed by atoms with Crippen molar-refractivity contribution in [2.75, 3.05) is 39.9 Å². The molecule has 1 unspecified atom stereocenters. The van der Waals surface area contributed by atoms with Gasteiger partial charge in [0, 0.05) is 0 Å². The van der Waals surface area contributed by atoms with Gasteiger partial charge in [-0.25, -0.2) is 4.57 Å². The highest BCUT2D eigenvalue weighted by molar-refractivity contribution is 7.47. The summed E-state index contributed by atoms with van der Waals surface area (Å²) in [5.41, 5.74) is 0. The van der Waals surface area contributed by atoms with Crippen molar-refractivity contribution in [1.29, 1.82) is 0 Å². The molecule has 1 aliphatic heterocycles. The van der Waals surface area contributed by atoms with E-state index in [-0.39, 0.29) is 0 Å². The van der Waals surface area contributed by atoms with Gasteiger partial charge in [-0.1, -0.05) is 84.0 Å². The Morgan fingerprint density at radius 1 is 0.724 bits per heavy atom. The predicted molar refractivity (Wildman–Crippen MR) is 122 cm³/mol. The van der Waals surface area contributed by atoms with E-state index in [4.69, 9.17) is 9.05 Å². The fraction of sp³-hybridized carbons (Fsp3) is 1.00. The van der Waals surface area contributed by atoms with Crippen molar-refractivity contribution in [3.63, 3.8) is 0 Å². The standard InChI is InChI=1S/C23H48NO4P/c1-3-4-5-6-7-8-9-10-11-12-13-14-18-22-27-29(25,26)28-23-21-24(2)19-16-15-17-20-24/h3-23H2,1-2H3/p+1. The predicted octanol–water partition coefficient (Wildman–Crippen LogP) is 6.84. The first-order valence-corrected chi connectivity index (χ1v) is 13.9. The smallest absolute Gasteiger partial charge is 0.324 e. The van der Waals surface area contributed by atoms with Gasteiger partial charge >= 0.3 is 7.82 Å². The molecule has 29 heavy (non-hydrogen) atoms. The van der Waals surface area contributed by atoms with Gasteiger partial charge in [0.05, 0.1) is 26.7 Å². The molecule has 174 valence electrons. The molecule has 0 spiro atoms. The zero-order valence-electron chi connectivity index (χ0n) is 19.4. The molecule has 0 bridgehead atoms. The van der Waals surface area contributed by atoms with E-state index in [1.807, 2.05) is 0 Å². The SMILES string of the molecule is CCCCCCCCCCCCCCCOP(=O)(O)OCC[N+]1(C)CCCCC1. The largest absolute Gasteiger partial charge is 0.472 e. The van der Waals surface area contributed by atoms with Crippen LogP contribution in [0, 0.1) is 0 Å². The molecule has 1 saturated heterocycles. The van der Waals surface area contributed by atoms with E-state index in [9.17, 15) is 9.46 Å². The molecule has 1 N–H and O–H groups in total. The van der Waals surface area contributed by atoms with Crippen LogP contribution in [0.1, 0.15) is 110 Å². The van der Waals surface area contributed by atoms with Crippen molar-refractivity contribution in [1.82, 2.24) is 0 Å². The Morgan fingerprint density at radius 3 is 1.69 bits per heavy atom. The minimum absolute atomic E-state index is 0.295. The molecule has 0 aliphatic carbocycles. The Hall–Kier alpha value is 0.0700. The maximum Gasteiger partial charge on any atom is 0.472 e. The Morgan fingerprint density at radius 2 is 1.17 bits per heavy atom. The van der Waals surface area contributed by atoms with Crippen LogP contribution in [0.3, 0.4) is 0 Å². The number of hydrogen-bond donors (Lipinski definition) is 1. The molecule has 6 heteroatoms. The number of likely N-dealkylation sites (tertiary alicyclic amines) is 1. The quantitative estimate of drug-likeness (QED) is 0.137. The van der Waals surface area contributed by atoms with Crippen LogP contribution in [0.2, 0.25) is 0 Å². The minimum Gasteiger partial charge on any atom is -0.324 e. The van der Waals surface area contributed by atoms with Crippen LogP contribution in [-0.2, 0) is 13.6 Å². The van der Waals surface area contributed by atoms with Gasteiger partial charge in [-0.05, 0) is 25.7 Å². The zero-order chi connectivity index (χ0) is 21.3. The molecular formula is C23H49NO4P+. The fourth-order valence-electron chi connectivity index (χ4n) is 4.21. The number of phosphoric acid groups is 1. The van der Waals surface area contributed by atoms with Gasteiger partial charge in [0.2, 0.25) is 0 Å². The van der Waals surface area contributed by atoms with Gasteiger partial charge in [-0.3, -0.25) is 9.05 Å². The number of piperidine rings is 1. The van der Waals surface area contributed by atoms with E-state index in [2.05, 4.69) is 14.0 Å². The van der Waals surface area contributed by atoms with E-state index in [1.165, 1.54) is 89.9 Å². The third-order valence-electron chi connectivity index (χ3n) is 6.28. The first kappa shape index (κ1) is 27.1. The number of unbranched alkanes of at least 4 members (excludes halogenated alkanes) is 12. The van der Waals surface area contributed by atoms with E-state index < -0.39 is 7.82 Å². The molecule has 1 fully saturated rings. The molecule has 1 atom stereocenters. The summed E-state index contributed by atoms with van der Waals surface area (Å²) in [4.78, 5) is 9.82. The van der Waals surface area contributed by atoms with E-state index in [0.717, 1.165) is 37.0 Å². The molecule has 0 radical (unpaired) electrons. The third-order valence-corrected chi connectivity index (χ3v) is 7.30. The van der Waals surface area contributed by atoms with Gasteiger partial charge in [0.1, 0.15) is 13.2 Å². The number of hydrogen-bond acceptors (Lipinski definition) is 3. The van der Waals surface area contributed by atoms with Gasteiger partial charge in [-0.2, -0.15) is 0 Å². The lowest BCUT2D eigenvalue weighted by atomic mass is 10.0. The van der Waals surface area contributed by atoms with E-state index >= 15 is 0 Å². The number of likely N-dealkylation sites (N-methyl/N-ethyl adjacent to an activating group) is 1. The van der Waals surface area contributed by atoms with Gasteiger partial charge in [0.15, 0.2) is 0 Å². The highest BCUT2D eigenvalue weighted by Gasteiger charge is 2.27. The fourth-order valence-corrected chi connectivity index (χ4v) is 4.96. The van der Waals surface area contributed by atoms with Crippen molar-refractivity contribution in [2.45, 2.75) is 110 Å². The first-order chi connectivity index (χ1) is 14.0. The van der Waals surface area contributed by atoms with Crippen LogP contribution in [-0.4, -0.2) is 49.3 Å². The summed E-state index contributed by atoms with van der Waals surface area (Å²) in [6.07, 6.45) is 20.5. The second kappa shape index (κ2) is 16.7. The van der Waals surface area contributed by atoms with Gasteiger partial charge in [-0.15, -0.1) is 0 Å². The highest BCUT2D eigenvalue weighted by atomic mass is 31.2. The molecule has 5 nitrogen and oxygen atoms in total. The van der Waals surface area contributed by atoms with Crippen molar-refractivity contribution < 1.29 is 23.0 Å². The van der Waals surface area contributed by atoms with Crippen molar-refractivity contribution in [3.8, 4) is 0 Å². The molecular weight excluding hydrogens is 385 g/mol. The number of rotatable bonds is 19. The van der Waals surface area contributed by atoms with E-state index in [0.29, 0.717) is 13.2 Å². The van der Waals surface area contributed by atoms with Crippen molar-refractivity contribution in [2.24, 2.45) is 0 Å². The summed E-state index contributed by atoms with van der Waals surface area (Å²) >= 11 is 0. The van der Waals surface area contributed by atoms with Crippen LogP contribution in [0.5, 0.6) is 0 Å². The van der Waals surface area contributed by atoms with Gasteiger partial charge < -0.3 is 9.38 Å². The van der Waals surface area contributed by atoms with Crippen LogP contribution in [0.25, 0.3) is 0 Å². The summed E-state index contributed by atoms with van der Waals surface area (Å²) in [5.74, 6) is 0. The van der Waals surface area contributed by atoms with Crippen molar-refractivity contribution in [3.05, 3.63) is 0 Å². The number of nitrogens with zero attached hydrogens (tertiary/aromatic N) is 1. The average Bonchev–Trinajstić information content (AvgIpc) is 2.68. The lowest BCUT2D eigenvalue weighted by molar-refractivity contribution is -0.914. The molecule has 1 aliphatic rings. The summed E-state index contributed by atoms with van der Waals surface area (Å²) < 4.78 is 23.2. The average molecular weight is 435 g/mol. The molecule has 0 aromatic rings. The molecule has 1 heterocycles. The number of phosphoric ester groups is 1. The monoisotopic (exact) mass is 434 g/mol.